The molecular formula is C15H20ClF2N3O2S. The van der Waals surface area contributed by atoms with Gasteiger partial charge in [-0.05, 0) is 26.0 Å². The van der Waals surface area contributed by atoms with Gasteiger partial charge < -0.3 is 5.32 Å². The third-order valence-electron chi connectivity index (χ3n) is 3.53. The molecule has 0 radical (unpaired) electrons. The standard InChI is InChI=1S/C15H19F2N3O2S.ClH/c1-10-13(9-18-6-7-23(3,21)22)11(2)20(19-10)15-5-4-12(16)8-14(15)17;/h4-5,8,18H,6-7,9H2,1-3H3;1H. The van der Waals surface area contributed by atoms with Gasteiger partial charge in [0.15, 0.2) is 5.82 Å². The van der Waals surface area contributed by atoms with E-state index in [1.54, 1.807) is 13.8 Å². The van der Waals surface area contributed by atoms with Crippen LogP contribution >= 0.6 is 12.4 Å². The fraction of sp³-hybridized carbons (Fsp3) is 0.400. The first kappa shape index (κ1) is 20.5. The number of aryl methyl sites for hydroxylation is 1. The van der Waals surface area contributed by atoms with Crippen molar-refractivity contribution < 1.29 is 17.2 Å². The lowest BCUT2D eigenvalue weighted by molar-refractivity contribution is 0.572. The number of nitrogens with zero attached hydrogens (tertiary/aromatic N) is 2. The van der Waals surface area contributed by atoms with Crippen LogP contribution in [0.15, 0.2) is 18.2 Å². The van der Waals surface area contributed by atoms with Crippen molar-refractivity contribution in [3.63, 3.8) is 0 Å². The van der Waals surface area contributed by atoms with Gasteiger partial charge in [0.25, 0.3) is 0 Å². The van der Waals surface area contributed by atoms with Gasteiger partial charge in [-0.2, -0.15) is 5.10 Å². The first-order valence-electron chi connectivity index (χ1n) is 7.08. The number of rotatable bonds is 6. The van der Waals surface area contributed by atoms with E-state index in [4.69, 9.17) is 0 Å². The zero-order valence-electron chi connectivity index (χ0n) is 13.6. The molecule has 5 nitrogen and oxygen atoms in total. The number of sulfone groups is 1. The van der Waals surface area contributed by atoms with Gasteiger partial charge in [-0.1, -0.05) is 0 Å². The van der Waals surface area contributed by atoms with Crippen molar-refractivity contribution >= 4 is 22.2 Å². The summed E-state index contributed by atoms with van der Waals surface area (Å²) in [6.45, 7) is 4.33. The highest BCUT2D eigenvalue weighted by atomic mass is 35.5. The summed E-state index contributed by atoms with van der Waals surface area (Å²) in [6.07, 6.45) is 1.18. The maximum absolute atomic E-state index is 13.9. The van der Waals surface area contributed by atoms with Gasteiger partial charge in [-0.25, -0.2) is 21.9 Å². The fourth-order valence-electron chi connectivity index (χ4n) is 2.29. The van der Waals surface area contributed by atoms with Crippen molar-refractivity contribution in [2.45, 2.75) is 20.4 Å². The third-order valence-corrected chi connectivity index (χ3v) is 4.48. The summed E-state index contributed by atoms with van der Waals surface area (Å²) in [5.74, 6) is -1.28. The summed E-state index contributed by atoms with van der Waals surface area (Å²) in [7, 11) is -3.01. The minimum atomic E-state index is -3.01. The predicted molar refractivity (Wildman–Crippen MR) is 91.6 cm³/mol. The van der Waals surface area contributed by atoms with Crippen molar-refractivity contribution in [3.8, 4) is 5.69 Å². The second kappa shape index (κ2) is 8.04. The van der Waals surface area contributed by atoms with E-state index in [0.717, 1.165) is 17.3 Å². The normalized spacial score (nSPS) is 11.4. The summed E-state index contributed by atoms with van der Waals surface area (Å²) in [6, 6.07) is 3.33. The van der Waals surface area contributed by atoms with E-state index in [0.29, 0.717) is 18.8 Å². The molecule has 2 aromatic rings. The molecule has 1 aromatic heterocycles. The Bertz CT molecular complexity index is 822. The van der Waals surface area contributed by atoms with Gasteiger partial charge in [0, 0.05) is 36.7 Å². The van der Waals surface area contributed by atoms with Crippen LogP contribution in [0.3, 0.4) is 0 Å². The SMILES string of the molecule is Cc1nn(-c2ccc(F)cc2F)c(C)c1CNCCS(C)(=O)=O.Cl. The zero-order chi connectivity index (χ0) is 17.2. The summed E-state index contributed by atoms with van der Waals surface area (Å²) in [5.41, 5.74) is 2.47. The number of benzene rings is 1. The van der Waals surface area contributed by atoms with Crippen LogP contribution in [-0.2, 0) is 16.4 Å². The molecule has 0 aliphatic carbocycles. The monoisotopic (exact) mass is 379 g/mol. The van der Waals surface area contributed by atoms with Crippen LogP contribution in [0.25, 0.3) is 5.69 Å². The molecule has 134 valence electrons. The molecule has 1 aromatic carbocycles. The van der Waals surface area contributed by atoms with Crippen molar-refractivity contribution in [1.82, 2.24) is 15.1 Å². The maximum Gasteiger partial charge on any atom is 0.151 e. The average Bonchev–Trinajstić information content (AvgIpc) is 2.70. The van der Waals surface area contributed by atoms with Crippen LogP contribution in [-0.4, -0.2) is 36.8 Å². The maximum atomic E-state index is 13.9. The first-order valence-corrected chi connectivity index (χ1v) is 9.14. The quantitative estimate of drug-likeness (QED) is 0.782. The number of nitrogens with one attached hydrogen (secondary N) is 1. The topological polar surface area (TPSA) is 64.0 Å². The summed E-state index contributed by atoms with van der Waals surface area (Å²) in [4.78, 5) is 0. The Kier molecular flexibility index (Phi) is 6.88. The summed E-state index contributed by atoms with van der Waals surface area (Å²) in [5, 5.41) is 7.34. The van der Waals surface area contributed by atoms with Crippen molar-refractivity contribution in [3.05, 3.63) is 46.8 Å². The Hall–Kier alpha value is -1.51. The van der Waals surface area contributed by atoms with Gasteiger partial charge in [-0.15, -0.1) is 12.4 Å². The molecule has 0 unspecified atom stereocenters. The number of hydrogen-bond acceptors (Lipinski definition) is 4. The number of aromatic nitrogens is 2. The molecule has 0 amide bonds. The Morgan fingerprint density at radius 2 is 1.92 bits per heavy atom. The van der Waals surface area contributed by atoms with E-state index >= 15 is 0 Å². The van der Waals surface area contributed by atoms with E-state index in [1.807, 2.05) is 0 Å². The Morgan fingerprint density at radius 1 is 1.25 bits per heavy atom. The van der Waals surface area contributed by atoms with Gasteiger partial charge in [0.05, 0.1) is 11.4 Å². The molecule has 9 heteroatoms. The van der Waals surface area contributed by atoms with E-state index < -0.39 is 21.5 Å². The smallest absolute Gasteiger partial charge is 0.151 e. The predicted octanol–water partition coefficient (Wildman–Crippen LogP) is 2.32. The molecule has 0 bridgehead atoms. The molecule has 0 atom stereocenters. The third kappa shape index (κ3) is 4.99. The Balaban J connectivity index is 0.00000288. The number of halogens is 3. The second-order valence-corrected chi connectivity index (χ2v) is 7.72. The van der Waals surface area contributed by atoms with Crippen LogP contribution in [0.1, 0.15) is 17.0 Å². The Labute approximate surface area is 146 Å². The van der Waals surface area contributed by atoms with Gasteiger partial charge in [0.1, 0.15) is 21.3 Å². The highest BCUT2D eigenvalue weighted by molar-refractivity contribution is 7.90. The van der Waals surface area contributed by atoms with E-state index in [9.17, 15) is 17.2 Å². The largest absolute Gasteiger partial charge is 0.312 e. The minimum Gasteiger partial charge on any atom is -0.312 e. The van der Waals surface area contributed by atoms with Crippen molar-refractivity contribution in [2.75, 3.05) is 18.6 Å². The molecule has 0 spiro atoms. The second-order valence-electron chi connectivity index (χ2n) is 5.46. The minimum absolute atomic E-state index is 0. The molecule has 1 N–H and O–H groups in total. The summed E-state index contributed by atoms with van der Waals surface area (Å²) >= 11 is 0. The van der Waals surface area contributed by atoms with Crippen LogP contribution in [0.2, 0.25) is 0 Å². The lowest BCUT2D eigenvalue weighted by Crippen LogP contribution is -2.22. The van der Waals surface area contributed by atoms with Gasteiger partial charge in [0.2, 0.25) is 0 Å². The molecule has 0 fully saturated rings. The molecule has 0 aliphatic heterocycles. The molecule has 2 rings (SSSR count). The van der Waals surface area contributed by atoms with Crippen LogP contribution < -0.4 is 5.32 Å². The van der Waals surface area contributed by atoms with Crippen LogP contribution in [0, 0.1) is 25.5 Å². The van der Waals surface area contributed by atoms with Gasteiger partial charge in [-0.3, -0.25) is 0 Å². The lowest BCUT2D eigenvalue weighted by Gasteiger charge is -2.07. The average molecular weight is 380 g/mol. The highest BCUT2D eigenvalue weighted by Gasteiger charge is 2.15. The molecular weight excluding hydrogens is 360 g/mol. The van der Waals surface area contributed by atoms with Crippen LogP contribution in [0.5, 0.6) is 0 Å². The van der Waals surface area contributed by atoms with Crippen molar-refractivity contribution in [2.24, 2.45) is 0 Å². The zero-order valence-corrected chi connectivity index (χ0v) is 15.3. The molecule has 0 saturated heterocycles. The van der Waals surface area contributed by atoms with E-state index in [1.165, 1.54) is 23.1 Å². The van der Waals surface area contributed by atoms with Crippen LogP contribution in [0.4, 0.5) is 8.78 Å². The first-order chi connectivity index (χ1) is 10.7. The number of hydrogen-bond donors (Lipinski definition) is 1. The van der Waals surface area contributed by atoms with E-state index in [2.05, 4.69) is 10.4 Å². The highest BCUT2D eigenvalue weighted by Crippen LogP contribution is 2.20. The molecule has 1 heterocycles. The van der Waals surface area contributed by atoms with E-state index in [-0.39, 0.29) is 23.8 Å². The molecule has 0 saturated carbocycles. The summed E-state index contributed by atoms with van der Waals surface area (Å²) < 4.78 is 50.6. The lowest BCUT2D eigenvalue weighted by atomic mass is 10.2. The van der Waals surface area contributed by atoms with Gasteiger partial charge >= 0.3 is 0 Å². The molecule has 0 aliphatic rings. The van der Waals surface area contributed by atoms with Crippen molar-refractivity contribution in [1.29, 1.82) is 0 Å². The fourth-order valence-corrected chi connectivity index (χ4v) is 2.80. The molecule has 24 heavy (non-hydrogen) atoms. The Morgan fingerprint density at radius 3 is 2.50 bits per heavy atom.